The highest BCUT2D eigenvalue weighted by Gasteiger charge is 2.53. The second-order valence-corrected chi connectivity index (χ2v) is 5.98. The van der Waals surface area contributed by atoms with Crippen LogP contribution in [0.5, 0.6) is 0 Å². The standard InChI is InChI=1S/C16H15F4NO/c1-2-15-6-5-11(22)13(16(18,19)20)12(15)8-3-4-10(21)14(17)9(8)7-15/h3-4H,2,5-7,21H2,1H3. The molecule has 3 rings (SSSR count). The first-order chi connectivity index (χ1) is 10.2. The van der Waals surface area contributed by atoms with Gasteiger partial charge in [0, 0.05) is 11.8 Å². The number of fused-ring (bicyclic) bond motifs is 3. The molecule has 1 aromatic rings. The molecule has 2 aliphatic rings. The summed E-state index contributed by atoms with van der Waals surface area (Å²) in [5.74, 6) is -1.57. The maximum atomic E-state index is 14.3. The molecule has 2 aliphatic carbocycles. The summed E-state index contributed by atoms with van der Waals surface area (Å²) in [5.41, 5.74) is 3.88. The number of rotatable bonds is 1. The van der Waals surface area contributed by atoms with Gasteiger partial charge in [-0.2, -0.15) is 13.2 Å². The average Bonchev–Trinajstić information content (AvgIpc) is 2.77. The molecule has 0 bridgehead atoms. The molecule has 0 heterocycles. The molecule has 1 unspecified atom stereocenters. The smallest absolute Gasteiger partial charge is 0.396 e. The molecule has 1 atom stereocenters. The minimum atomic E-state index is -4.73. The highest BCUT2D eigenvalue weighted by atomic mass is 19.4. The zero-order valence-electron chi connectivity index (χ0n) is 12.0. The molecule has 22 heavy (non-hydrogen) atoms. The van der Waals surface area contributed by atoms with Crippen LogP contribution in [0.3, 0.4) is 0 Å². The van der Waals surface area contributed by atoms with Gasteiger partial charge < -0.3 is 5.73 Å². The van der Waals surface area contributed by atoms with E-state index >= 15 is 0 Å². The normalized spacial score (nSPS) is 24.5. The minimum absolute atomic E-state index is 0.0346. The second-order valence-electron chi connectivity index (χ2n) is 5.98. The van der Waals surface area contributed by atoms with E-state index in [-0.39, 0.29) is 35.2 Å². The van der Waals surface area contributed by atoms with Crippen LogP contribution < -0.4 is 5.73 Å². The molecule has 0 aromatic heterocycles. The number of hydrogen-bond acceptors (Lipinski definition) is 2. The third-order valence-corrected chi connectivity index (χ3v) is 4.91. The molecular weight excluding hydrogens is 298 g/mol. The third kappa shape index (κ3) is 1.89. The van der Waals surface area contributed by atoms with Gasteiger partial charge in [0.25, 0.3) is 0 Å². The zero-order valence-corrected chi connectivity index (χ0v) is 12.0. The fourth-order valence-electron chi connectivity index (χ4n) is 3.77. The van der Waals surface area contributed by atoms with Crippen molar-refractivity contribution in [3.8, 4) is 0 Å². The van der Waals surface area contributed by atoms with Crippen LogP contribution in [0.25, 0.3) is 5.57 Å². The van der Waals surface area contributed by atoms with Crippen LogP contribution in [-0.2, 0) is 11.2 Å². The van der Waals surface area contributed by atoms with Crippen LogP contribution in [0.2, 0.25) is 0 Å². The van der Waals surface area contributed by atoms with Crippen molar-refractivity contribution in [3.05, 3.63) is 34.6 Å². The number of carbonyl (C=O) groups excluding carboxylic acids is 1. The molecule has 0 spiro atoms. The number of halogens is 4. The predicted molar refractivity (Wildman–Crippen MR) is 74.5 cm³/mol. The van der Waals surface area contributed by atoms with Gasteiger partial charge in [0.2, 0.25) is 0 Å². The Labute approximate surface area is 125 Å². The number of carbonyl (C=O) groups is 1. The summed E-state index contributed by atoms with van der Waals surface area (Å²) in [6.07, 6.45) is -3.99. The van der Waals surface area contributed by atoms with Crippen LogP contribution in [-0.4, -0.2) is 12.0 Å². The lowest BCUT2D eigenvalue weighted by Gasteiger charge is -2.35. The molecule has 2 nitrogen and oxygen atoms in total. The molecule has 6 heteroatoms. The van der Waals surface area contributed by atoms with Gasteiger partial charge in [0.05, 0.1) is 5.69 Å². The monoisotopic (exact) mass is 313 g/mol. The molecule has 2 N–H and O–H groups in total. The summed E-state index contributed by atoms with van der Waals surface area (Å²) < 4.78 is 54.5. The Morgan fingerprint density at radius 3 is 2.59 bits per heavy atom. The van der Waals surface area contributed by atoms with Crippen LogP contribution in [0.15, 0.2) is 17.7 Å². The van der Waals surface area contributed by atoms with Gasteiger partial charge in [-0.25, -0.2) is 4.39 Å². The zero-order chi connectivity index (χ0) is 16.3. The van der Waals surface area contributed by atoms with E-state index in [2.05, 4.69) is 0 Å². The van der Waals surface area contributed by atoms with Crippen molar-refractivity contribution < 1.29 is 22.4 Å². The topological polar surface area (TPSA) is 43.1 Å². The Kier molecular flexibility index (Phi) is 3.13. The first-order valence-electron chi connectivity index (χ1n) is 7.13. The van der Waals surface area contributed by atoms with Gasteiger partial charge in [0.1, 0.15) is 11.4 Å². The molecule has 0 fully saturated rings. The summed E-state index contributed by atoms with van der Waals surface area (Å²) in [4.78, 5) is 11.9. The number of alkyl halides is 3. The summed E-state index contributed by atoms with van der Waals surface area (Å²) >= 11 is 0. The van der Waals surface area contributed by atoms with Gasteiger partial charge >= 0.3 is 6.18 Å². The van der Waals surface area contributed by atoms with Gasteiger partial charge in [-0.1, -0.05) is 13.0 Å². The number of allylic oxidation sites excluding steroid dienone is 2. The summed E-state index contributed by atoms with van der Waals surface area (Å²) in [6, 6.07) is 2.67. The lowest BCUT2D eigenvalue weighted by molar-refractivity contribution is -0.130. The van der Waals surface area contributed by atoms with Crippen LogP contribution >= 0.6 is 0 Å². The van der Waals surface area contributed by atoms with Crippen molar-refractivity contribution in [2.24, 2.45) is 5.41 Å². The molecule has 0 radical (unpaired) electrons. The number of benzene rings is 1. The maximum Gasteiger partial charge on any atom is 0.420 e. The number of nitrogen functional groups attached to an aromatic ring is 1. The van der Waals surface area contributed by atoms with E-state index in [4.69, 9.17) is 5.73 Å². The molecular formula is C16H15F4NO. The van der Waals surface area contributed by atoms with E-state index in [1.807, 2.05) is 0 Å². The van der Waals surface area contributed by atoms with Crippen molar-refractivity contribution in [1.29, 1.82) is 0 Å². The Hall–Kier alpha value is -1.85. The van der Waals surface area contributed by atoms with E-state index < -0.39 is 28.8 Å². The lowest BCUT2D eigenvalue weighted by Crippen LogP contribution is -2.33. The number of Topliss-reactive ketones (excluding diaryl/α,β-unsaturated/α-hetero) is 1. The average molecular weight is 313 g/mol. The molecule has 1 aromatic carbocycles. The number of hydrogen-bond donors (Lipinski definition) is 1. The number of anilines is 1. The molecule has 0 amide bonds. The second kappa shape index (κ2) is 4.57. The molecule has 0 saturated carbocycles. The minimum Gasteiger partial charge on any atom is -0.396 e. The first-order valence-corrected chi connectivity index (χ1v) is 7.13. The Balaban J connectivity index is 2.38. The molecule has 0 aliphatic heterocycles. The van der Waals surface area contributed by atoms with Crippen LogP contribution in [0, 0.1) is 11.2 Å². The van der Waals surface area contributed by atoms with Crippen molar-refractivity contribution in [2.45, 2.75) is 38.8 Å². The van der Waals surface area contributed by atoms with E-state index in [0.717, 1.165) is 0 Å². The van der Waals surface area contributed by atoms with Crippen molar-refractivity contribution in [3.63, 3.8) is 0 Å². The summed E-state index contributed by atoms with van der Waals surface area (Å²) in [7, 11) is 0. The fraction of sp³-hybridized carbons (Fsp3) is 0.438. The highest BCUT2D eigenvalue weighted by molar-refractivity contribution is 6.07. The Morgan fingerprint density at radius 1 is 1.32 bits per heavy atom. The van der Waals surface area contributed by atoms with Gasteiger partial charge in [0.15, 0.2) is 5.78 Å². The maximum absolute atomic E-state index is 14.3. The van der Waals surface area contributed by atoms with Crippen molar-refractivity contribution >= 4 is 17.0 Å². The SMILES string of the molecule is CCC12CCC(=O)C(C(F)(F)F)=C1c1ccc(N)c(F)c1C2. The number of nitrogens with two attached hydrogens (primary N) is 1. The van der Waals surface area contributed by atoms with E-state index in [0.29, 0.717) is 12.8 Å². The van der Waals surface area contributed by atoms with Crippen molar-refractivity contribution in [2.75, 3.05) is 5.73 Å². The molecule has 0 saturated heterocycles. The largest absolute Gasteiger partial charge is 0.420 e. The summed E-state index contributed by atoms with van der Waals surface area (Å²) in [5, 5.41) is 0. The molecule has 118 valence electrons. The van der Waals surface area contributed by atoms with Crippen LogP contribution in [0.4, 0.5) is 23.2 Å². The van der Waals surface area contributed by atoms with Gasteiger partial charge in [-0.15, -0.1) is 0 Å². The third-order valence-electron chi connectivity index (χ3n) is 4.91. The van der Waals surface area contributed by atoms with Gasteiger partial charge in [-0.05, 0) is 42.0 Å². The Bertz CT molecular complexity index is 705. The first kappa shape index (κ1) is 15.1. The van der Waals surface area contributed by atoms with Gasteiger partial charge in [-0.3, -0.25) is 4.79 Å². The highest BCUT2D eigenvalue weighted by Crippen LogP contribution is 2.58. The van der Waals surface area contributed by atoms with Crippen LogP contribution in [0.1, 0.15) is 37.3 Å². The Morgan fingerprint density at radius 2 is 2.00 bits per heavy atom. The van der Waals surface area contributed by atoms with Crippen molar-refractivity contribution in [1.82, 2.24) is 0 Å². The number of ketones is 1. The fourth-order valence-corrected chi connectivity index (χ4v) is 3.77. The summed E-state index contributed by atoms with van der Waals surface area (Å²) in [6.45, 7) is 1.77. The lowest BCUT2D eigenvalue weighted by atomic mass is 9.68. The quantitative estimate of drug-likeness (QED) is 0.628. The van der Waals surface area contributed by atoms with E-state index in [1.54, 1.807) is 6.92 Å². The van der Waals surface area contributed by atoms with E-state index in [9.17, 15) is 22.4 Å². The predicted octanol–water partition coefficient (Wildman–Crippen LogP) is 4.04. The van der Waals surface area contributed by atoms with E-state index in [1.165, 1.54) is 12.1 Å².